The molecule has 5 heteroatoms. The smallest absolute Gasteiger partial charge is 0.389 e. The largest absolute Gasteiger partial charge is 0.395 e. The molecule has 0 aliphatic rings. The molecule has 0 rings (SSSR count). The maximum atomic E-state index is 11.8. The lowest BCUT2D eigenvalue weighted by Gasteiger charge is -2.19. The Morgan fingerprint density at radius 2 is 1.93 bits per heavy atom. The number of aliphatic hydroxyl groups excluding tert-OH is 1. The van der Waals surface area contributed by atoms with Crippen LogP contribution in [-0.4, -0.2) is 42.4 Å². The van der Waals surface area contributed by atoms with Crippen molar-refractivity contribution >= 4 is 0 Å². The quantitative estimate of drug-likeness (QED) is 0.649. The van der Waals surface area contributed by atoms with Crippen LogP contribution < -0.4 is 0 Å². The summed E-state index contributed by atoms with van der Waals surface area (Å²) in [6.45, 7) is 4.70. The normalized spacial score (nSPS) is 12.1. The summed E-state index contributed by atoms with van der Waals surface area (Å²) >= 11 is 0. The summed E-state index contributed by atoms with van der Waals surface area (Å²) in [4.78, 5) is 1.73. The van der Waals surface area contributed by atoms with Gasteiger partial charge in [0.1, 0.15) is 0 Å². The summed E-state index contributed by atoms with van der Waals surface area (Å²) in [6.07, 6.45) is -3.17. The van der Waals surface area contributed by atoms with Gasteiger partial charge in [-0.3, -0.25) is 4.90 Å². The average Bonchev–Trinajstić information content (AvgIpc) is 2.02. The molecule has 0 aromatic heterocycles. The maximum Gasteiger partial charge on any atom is 0.389 e. The Morgan fingerprint density at radius 3 is 2.36 bits per heavy atom. The van der Waals surface area contributed by atoms with Crippen LogP contribution in [0, 0.1) is 0 Å². The van der Waals surface area contributed by atoms with Crippen LogP contribution in [0.3, 0.4) is 0 Å². The molecule has 0 fully saturated rings. The lowest BCUT2D eigenvalue weighted by Crippen LogP contribution is -2.28. The van der Waals surface area contributed by atoms with E-state index in [1.165, 1.54) is 0 Å². The summed E-state index contributed by atoms with van der Waals surface area (Å²) in [6, 6.07) is 0. The van der Waals surface area contributed by atoms with Gasteiger partial charge in [-0.1, -0.05) is 6.08 Å². The van der Waals surface area contributed by atoms with Crippen molar-refractivity contribution in [2.24, 2.45) is 0 Å². The second-order valence-electron chi connectivity index (χ2n) is 3.03. The van der Waals surface area contributed by atoms with Crippen molar-refractivity contribution in [3.8, 4) is 0 Å². The van der Waals surface area contributed by atoms with E-state index >= 15 is 0 Å². The van der Waals surface area contributed by atoms with Gasteiger partial charge in [-0.25, -0.2) is 0 Å². The van der Waals surface area contributed by atoms with Crippen LogP contribution in [0.2, 0.25) is 0 Å². The van der Waals surface area contributed by atoms with Crippen LogP contribution in [0.5, 0.6) is 0 Å². The standard InChI is InChI=1S/C9H16F3NO/c1-2-5-13(7-8-14)6-3-4-9(10,11)12/h2,14H,1,3-8H2. The number of aliphatic hydroxyl groups is 1. The molecular formula is C9H16F3NO. The topological polar surface area (TPSA) is 23.5 Å². The zero-order valence-electron chi connectivity index (χ0n) is 8.06. The molecule has 0 radical (unpaired) electrons. The van der Waals surface area contributed by atoms with E-state index in [4.69, 9.17) is 5.11 Å². The first kappa shape index (κ1) is 13.4. The third-order valence-electron chi connectivity index (χ3n) is 1.74. The first-order valence-electron chi connectivity index (χ1n) is 4.50. The Labute approximate surface area is 82.0 Å². The van der Waals surface area contributed by atoms with Crippen molar-refractivity contribution in [1.82, 2.24) is 4.90 Å². The van der Waals surface area contributed by atoms with Crippen LogP contribution in [0.25, 0.3) is 0 Å². The molecule has 0 aromatic rings. The predicted molar refractivity (Wildman–Crippen MR) is 49.0 cm³/mol. The van der Waals surface area contributed by atoms with Gasteiger partial charge in [-0.15, -0.1) is 6.58 Å². The molecule has 0 aromatic carbocycles. The van der Waals surface area contributed by atoms with E-state index in [9.17, 15) is 13.2 Å². The SMILES string of the molecule is C=CCN(CCO)CCCC(F)(F)F. The zero-order valence-corrected chi connectivity index (χ0v) is 8.06. The fourth-order valence-corrected chi connectivity index (χ4v) is 1.12. The van der Waals surface area contributed by atoms with Crippen LogP contribution in [0.1, 0.15) is 12.8 Å². The van der Waals surface area contributed by atoms with Crippen molar-refractivity contribution in [3.05, 3.63) is 12.7 Å². The van der Waals surface area contributed by atoms with Crippen molar-refractivity contribution in [2.45, 2.75) is 19.0 Å². The van der Waals surface area contributed by atoms with Crippen LogP contribution in [0.15, 0.2) is 12.7 Å². The molecule has 14 heavy (non-hydrogen) atoms. The Kier molecular flexibility index (Phi) is 6.57. The monoisotopic (exact) mass is 211 g/mol. The molecule has 0 aliphatic heterocycles. The second kappa shape index (κ2) is 6.84. The number of alkyl halides is 3. The van der Waals surface area contributed by atoms with E-state index in [0.29, 0.717) is 19.6 Å². The number of halogens is 3. The van der Waals surface area contributed by atoms with Crippen molar-refractivity contribution in [2.75, 3.05) is 26.2 Å². The van der Waals surface area contributed by atoms with Gasteiger partial charge in [0.2, 0.25) is 0 Å². The number of nitrogens with zero attached hydrogens (tertiary/aromatic N) is 1. The third-order valence-corrected chi connectivity index (χ3v) is 1.74. The Bertz CT molecular complexity index is 159. The highest BCUT2D eigenvalue weighted by atomic mass is 19.4. The minimum atomic E-state index is -4.08. The zero-order chi connectivity index (χ0) is 11.0. The van der Waals surface area contributed by atoms with Gasteiger partial charge in [-0.05, 0) is 13.0 Å². The molecule has 0 bridgehead atoms. The van der Waals surface area contributed by atoms with Gasteiger partial charge in [-0.2, -0.15) is 13.2 Å². The van der Waals surface area contributed by atoms with Gasteiger partial charge in [0.25, 0.3) is 0 Å². The molecule has 0 saturated heterocycles. The Hall–Kier alpha value is -0.550. The van der Waals surface area contributed by atoms with Gasteiger partial charge in [0.15, 0.2) is 0 Å². The molecule has 0 unspecified atom stereocenters. The molecule has 0 amide bonds. The fourth-order valence-electron chi connectivity index (χ4n) is 1.12. The van der Waals surface area contributed by atoms with Gasteiger partial charge in [0.05, 0.1) is 6.61 Å². The van der Waals surface area contributed by atoms with Crippen LogP contribution in [0.4, 0.5) is 13.2 Å². The van der Waals surface area contributed by atoms with Crippen molar-refractivity contribution in [1.29, 1.82) is 0 Å². The molecular weight excluding hydrogens is 195 g/mol. The van der Waals surface area contributed by atoms with E-state index < -0.39 is 12.6 Å². The van der Waals surface area contributed by atoms with Gasteiger partial charge >= 0.3 is 6.18 Å². The van der Waals surface area contributed by atoms with E-state index in [1.807, 2.05) is 0 Å². The minimum Gasteiger partial charge on any atom is -0.395 e. The first-order chi connectivity index (χ1) is 6.49. The van der Waals surface area contributed by atoms with E-state index in [-0.39, 0.29) is 13.0 Å². The summed E-state index contributed by atoms with van der Waals surface area (Å²) < 4.78 is 35.4. The predicted octanol–water partition coefficient (Wildman–Crippen LogP) is 1.81. The summed E-state index contributed by atoms with van der Waals surface area (Å²) in [5.74, 6) is 0. The van der Waals surface area contributed by atoms with E-state index in [0.717, 1.165) is 0 Å². The molecule has 1 N–H and O–H groups in total. The molecule has 0 heterocycles. The highest BCUT2D eigenvalue weighted by Crippen LogP contribution is 2.21. The van der Waals surface area contributed by atoms with E-state index in [1.54, 1.807) is 11.0 Å². The molecule has 0 atom stereocenters. The second-order valence-corrected chi connectivity index (χ2v) is 3.03. The average molecular weight is 211 g/mol. The number of hydrogen-bond acceptors (Lipinski definition) is 2. The first-order valence-corrected chi connectivity index (χ1v) is 4.50. The number of rotatable bonds is 7. The van der Waals surface area contributed by atoms with Crippen LogP contribution >= 0.6 is 0 Å². The lowest BCUT2D eigenvalue weighted by atomic mass is 10.3. The fraction of sp³-hybridized carbons (Fsp3) is 0.778. The molecule has 2 nitrogen and oxygen atoms in total. The molecule has 0 spiro atoms. The molecule has 84 valence electrons. The molecule has 0 aliphatic carbocycles. The maximum absolute atomic E-state index is 11.8. The minimum absolute atomic E-state index is 0.0418. The summed E-state index contributed by atoms with van der Waals surface area (Å²) in [7, 11) is 0. The Balaban J connectivity index is 3.65. The number of hydrogen-bond donors (Lipinski definition) is 1. The lowest BCUT2D eigenvalue weighted by molar-refractivity contribution is -0.136. The summed E-state index contributed by atoms with van der Waals surface area (Å²) in [5.41, 5.74) is 0. The highest BCUT2D eigenvalue weighted by Gasteiger charge is 2.26. The van der Waals surface area contributed by atoms with Crippen molar-refractivity contribution in [3.63, 3.8) is 0 Å². The van der Waals surface area contributed by atoms with E-state index in [2.05, 4.69) is 6.58 Å². The third kappa shape index (κ3) is 8.07. The summed E-state index contributed by atoms with van der Waals surface area (Å²) in [5, 5.41) is 8.62. The van der Waals surface area contributed by atoms with Crippen molar-refractivity contribution < 1.29 is 18.3 Å². The Morgan fingerprint density at radius 1 is 1.29 bits per heavy atom. The highest BCUT2D eigenvalue weighted by molar-refractivity contribution is 4.73. The van der Waals surface area contributed by atoms with Gasteiger partial charge < -0.3 is 5.11 Å². The van der Waals surface area contributed by atoms with Crippen LogP contribution in [-0.2, 0) is 0 Å². The van der Waals surface area contributed by atoms with Gasteiger partial charge in [0, 0.05) is 19.5 Å². The molecule has 0 saturated carbocycles.